The zero-order valence-electron chi connectivity index (χ0n) is 13.8. The molecular formula is C22H21Cl. The molecule has 0 unspecified atom stereocenters. The zero-order chi connectivity index (χ0) is 16.4. The minimum Gasteiger partial charge on any atom is -0.0837 e. The van der Waals surface area contributed by atoms with E-state index in [0.717, 1.165) is 10.6 Å². The Balaban J connectivity index is 2.21. The third kappa shape index (κ3) is 3.33. The fourth-order valence-corrected chi connectivity index (χ4v) is 3.13. The Kier molecular flexibility index (Phi) is 4.28. The molecule has 0 aromatic heterocycles. The Morgan fingerprint density at radius 1 is 0.652 bits per heavy atom. The molecule has 0 heterocycles. The molecule has 0 saturated heterocycles. The molecule has 3 aromatic rings. The molecule has 0 spiro atoms. The Hall–Kier alpha value is -2.05. The van der Waals surface area contributed by atoms with E-state index in [-0.39, 0.29) is 5.41 Å². The Labute approximate surface area is 143 Å². The molecule has 23 heavy (non-hydrogen) atoms. The quantitative estimate of drug-likeness (QED) is 0.478. The second-order valence-electron chi connectivity index (χ2n) is 6.86. The topological polar surface area (TPSA) is 0 Å². The van der Waals surface area contributed by atoms with Gasteiger partial charge in [0.1, 0.15) is 0 Å². The van der Waals surface area contributed by atoms with Gasteiger partial charge in [-0.3, -0.25) is 0 Å². The lowest BCUT2D eigenvalue weighted by molar-refractivity contribution is 0.592. The highest BCUT2D eigenvalue weighted by atomic mass is 35.5. The van der Waals surface area contributed by atoms with Crippen molar-refractivity contribution >= 4 is 11.6 Å². The first-order valence-electron chi connectivity index (χ1n) is 7.92. The highest BCUT2D eigenvalue weighted by Crippen LogP contribution is 2.38. The van der Waals surface area contributed by atoms with Crippen LogP contribution in [0.25, 0.3) is 22.3 Å². The van der Waals surface area contributed by atoms with Gasteiger partial charge in [0, 0.05) is 10.6 Å². The van der Waals surface area contributed by atoms with Crippen molar-refractivity contribution in [2.24, 2.45) is 0 Å². The van der Waals surface area contributed by atoms with E-state index < -0.39 is 0 Å². The van der Waals surface area contributed by atoms with Crippen LogP contribution in [0.5, 0.6) is 0 Å². The van der Waals surface area contributed by atoms with E-state index in [1.165, 1.54) is 22.3 Å². The smallest absolute Gasteiger partial charge is 0.0484 e. The maximum absolute atomic E-state index is 6.44. The molecular weight excluding hydrogens is 300 g/mol. The molecule has 3 aromatic carbocycles. The number of rotatable bonds is 2. The number of hydrogen-bond donors (Lipinski definition) is 0. The van der Waals surface area contributed by atoms with E-state index in [0.29, 0.717) is 0 Å². The van der Waals surface area contributed by atoms with Gasteiger partial charge in [-0.1, -0.05) is 99.1 Å². The Bertz CT molecular complexity index is 811. The van der Waals surface area contributed by atoms with Gasteiger partial charge in [-0.15, -0.1) is 0 Å². The summed E-state index contributed by atoms with van der Waals surface area (Å²) in [5, 5.41) is 0.797. The third-order valence-electron chi connectivity index (χ3n) is 4.10. The molecule has 0 aliphatic carbocycles. The van der Waals surface area contributed by atoms with Gasteiger partial charge in [0.05, 0.1) is 0 Å². The maximum Gasteiger partial charge on any atom is 0.0484 e. The molecule has 0 bridgehead atoms. The van der Waals surface area contributed by atoms with E-state index in [9.17, 15) is 0 Å². The van der Waals surface area contributed by atoms with Crippen LogP contribution in [-0.4, -0.2) is 0 Å². The number of benzene rings is 3. The zero-order valence-corrected chi connectivity index (χ0v) is 14.6. The summed E-state index contributed by atoms with van der Waals surface area (Å²) >= 11 is 6.44. The van der Waals surface area contributed by atoms with Crippen molar-refractivity contribution in [2.45, 2.75) is 26.2 Å². The minimum absolute atomic E-state index is 0.0410. The van der Waals surface area contributed by atoms with E-state index >= 15 is 0 Å². The van der Waals surface area contributed by atoms with Crippen molar-refractivity contribution in [1.29, 1.82) is 0 Å². The van der Waals surface area contributed by atoms with Crippen LogP contribution in [0.15, 0.2) is 72.8 Å². The summed E-state index contributed by atoms with van der Waals surface area (Å²) < 4.78 is 0. The summed E-state index contributed by atoms with van der Waals surface area (Å²) in [6, 6.07) is 25.2. The Morgan fingerprint density at radius 2 is 1.30 bits per heavy atom. The van der Waals surface area contributed by atoms with Crippen LogP contribution in [0.3, 0.4) is 0 Å². The van der Waals surface area contributed by atoms with Crippen LogP contribution >= 0.6 is 11.6 Å². The first kappa shape index (κ1) is 15.8. The standard InChI is InChI=1S/C22H21Cl/c1-22(2,3)20-15-17(16-9-5-4-6-10-16)13-14-18(20)19-11-7-8-12-21(19)23/h4-15H,1-3H3. The van der Waals surface area contributed by atoms with Crippen molar-refractivity contribution < 1.29 is 0 Å². The second kappa shape index (κ2) is 6.22. The van der Waals surface area contributed by atoms with Gasteiger partial charge in [0.25, 0.3) is 0 Å². The predicted octanol–water partition coefficient (Wildman–Crippen LogP) is 6.97. The first-order chi connectivity index (χ1) is 11.0. The lowest BCUT2D eigenvalue weighted by Gasteiger charge is -2.24. The SMILES string of the molecule is CC(C)(C)c1cc(-c2ccccc2)ccc1-c1ccccc1Cl. The van der Waals surface area contributed by atoms with E-state index in [2.05, 4.69) is 69.3 Å². The van der Waals surface area contributed by atoms with Crippen LogP contribution in [0.2, 0.25) is 5.02 Å². The molecule has 1 heteroatoms. The monoisotopic (exact) mass is 320 g/mol. The number of halogens is 1. The molecule has 0 N–H and O–H groups in total. The summed E-state index contributed by atoms with van der Waals surface area (Å²) in [4.78, 5) is 0. The molecule has 0 fully saturated rings. The van der Waals surface area contributed by atoms with Crippen molar-refractivity contribution in [3.8, 4) is 22.3 Å². The van der Waals surface area contributed by atoms with Gasteiger partial charge < -0.3 is 0 Å². The molecule has 3 rings (SSSR count). The summed E-state index contributed by atoms with van der Waals surface area (Å²) in [5.41, 5.74) is 6.14. The van der Waals surface area contributed by atoms with Crippen LogP contribution in [0, 0.1) is 0 Å². The first-order valence-corrected chi connectivity index (χ1v) is 8.29. The summed E-state index contributed by atoms with van der Waals surface area (Å²) in [6.45, 7) is 6.74. The van der Waals surface area contributed by atoms with Gasteiger partial charge in [0.2, 0.25) is 0 Å². The van der Waals surface area contributed by atoms with Gasteiger partial charge in [-0.05, 0) is 33.7 Å². The van der Waals surface area contributed by atoms with E-state index in [1.54, 1.807) is 0 Å². The van der Waals surface area contributed by atoms with Crippen LogP contribution in [0.1, 0.15) is 26.3 Å². The molecule has 0 aliphatic heterocycles. The van der Waals surface area contributed by atoms with Crippen molar-refractivity contribution in [1.82, 2.24) is 0 Å². The van der Waals surface area contributed by atoms with Gasteiger partial charge in [0.15, 0.2) is 0 Å². The molecule has 0 atom stereocenters. The number of hydrogen-bond acceptors (Lipinski definition) is 0. The lowest BCUT2D eigenvalue weighted by Crippen LogP contribution is -2.13. The molecule has 0 aliphatic rings. The van der Waals surface area contributed by atoms with Gasteiger partial charge in [-0.25, -0.2) is 0 Å². The molecule has 116 valence electrons. The Morgan fingerprint density at radius 3 is 1.96 bits per heavy atom. The van der Waals surface area contributed by atoms with E-state index in [1.807, 2.05) is 24.3 Å². The highest BCUT2D eigenvalue weighted by molar-refractivity contribution is 6.33. The summed E-state index contributed by atoms with van der Waals surface area (Å²) in [5.74, 6) is 0. The minimum atomic E-state index is 0.0410. The van der Waals surface area contributed by atoms with Gasteiger partial charge >= 0.3 is 0 Å². The molecule has 0 saturated carbocycles. The van der Waals surface area contributed by atoms with Gasteiger partial charge in [-0.2, -0.15) is 0 Å². The fourth-order valence-electron chi connectivity index (χ4n) is 2.89. The van der Waals surface area contributed by atoms with Crippen molar-refractivity contribution in [2.75, 3.05) is 0 Å². The van der Waals surface area contributed by atoms with E-state index in [4.69, 9.17) is 11.6 Å². The summed E-state index contributed by atoms with van der Waals surface area (Å²) in [6.07, 6.45) is 0. The maximum atomic E-state index is 6.44. The summed E-state index contributed by atoms with van der Waals surface area (Å²) in [7, 11) is 0. The van der Waals surface area contributed by atoms with Crippen molar-refractivity contribution in [3.05, 3.63) is 83.4 Å². The average molecular weight is 321 g/mol. The highest BCUT2D eigenvalue weighted by Gasteiger charge is 2.20. The molecule has 0 amide bonds. The normalized spacial score (nSPS) is 11.5. The largest absolute Gasteiger partial charge is 0.0837 e. The predicted molar refractivity (Wildman–Crippen MR) is 101 cm³/mol. The van der Waals surface area contributed by atoms with Crippen LogP contribution < -0.4 is 0 Å². The van der Waals surface area contributed by atoms with Crippen LogP contribution in [-0.2, 0) is 5.41 Å². The third-order valence-corrected chi connectivity index (χ3v) is 4.43. The second-order valence-corrected chi connectivity index (χ2v) is 7.26. The average Bonchev–Trinajstić information content (AvgIpc) is 2.55. The molecule has 0 nitrogen and oxygen atoms in total. The molecule has 0 radical (unpaired) electrons. The van der Waals surface area contributed by atoms with Crippen LogP contribution in [0.4, 0.5) is 0 Å². The lowest BCUT2D eigenvalue weighted by atomic mass is 9.80. The van der Waals surface area contributed by atoms with Crippen molar-refractivity contribution in [3.63, 3.8) is 0 Å². The fraction of sp³-hybridized carbons (Fsp3) is 0.182.